The van der Waals surface area contributed by atoms with Crippen molar-refractivity contribution in [3.05, 3.63) is 71.1 Å². The standard InChI is InChI=1S/C22H19N5O3/c1-23-19(16-5-3-4-9-24-16)14-7-11-27(12-8-14)22(29)20(28)15-13-26-21-18(15)17(30-2)6-10-25-21/h3-6,9-10,13H,7-8,11-12H2,2H3,(H,25,26). The van der Waals surface area contributed by atoms with E-state index < -0.39 is 11.7 Å². The number of fused-ring (bicyclic) bond motifs is 1. The molecule has 1 amide bonds. The molecular formula is C22H19N5O3. The monoisotopic (exact) mass is 401 g/mol. The van der Waals surface area contributed by atoms with Gasteiger partial charge in [0.15, 0.2) is 0 Å². The molecule has 8 nitrogen and oxygen atoms in total. The van der Waals surface area contributed by atoms with Crippen molar-refractivity contribution in [3.63, 3.8) is 0 Å². The lowest BCUT2D eigenvalue weighted by Crippen LogP contribution is -2.40. The van der Waals surface area contributed by atoms with Crippen LogP contribution in [0.3, 0.4) is 0 Å². The van der Waals surface area contributed by atoms with Crippen LogP contribution >= 0.6 is 0 Å². The van der Waals surface area contributed by atoms with E-state index in [1.165, 1.54) is 18.2 Å². The zero-order valence-corrected chi connectivity index (χ0v) is 16.4. The number of ether oxygens (including phenoxy) is 1. The second kappa shape index (κ2) is 8.17. The molecule has 30 heavy (non-hydrogen) atoms. The summed E-state index contributed by atoms with van der Waals surface area (Å²) in [7, 11) is 1.51. The summed E-state index contributed by atoms with van der Waals surface area (Å²) in [6.07, 6.45) is 5.79. The maximum Gasteiger partial charge on any atom is 0.295 e. The van der Waals surface area contributed by atoms with Gasteiger partial charge in [-0.1, -0.05) is 11.6 Å². The number of hydrogen-bond acceptors (Lipinski definition) is 5. The molecule has 1 N–H and O–H groups in total. The van der Waals surface area contributed by atoms with Crippen molar-refractivity contribution in [2.45, 2.75) is 12.8 Å². The van der Waals surface area contributed by atoms with Gasteiger partial charge in [-0.2, -0.15) is 0 Å². The molecular weight excluding hydrogens is 382 g/mol. The van der Waals surface area contributed by atoms with E-state index in [0.29, 0.717) is 54.1 Å². The molecule has 1 aliphatic rings. The third-order valence-corrected chi connectivity index (χ3v) is 5.20. The molecule has 8 heteroatoms. The molecule has 3 aromatic heterocycles. The van der Waals surface area contributed by atoms with Gasteiger partial charge in [-0.25, -0.2) is 9.83 Å². The number of H-pyrrole nitrogens is 1. The Morgan fingerprint density at radius 1 is 1.17 bits per heavy atom. The highest BCUT2D eigenvalue weighted by molar-refractivity contribution is 6.45. The van der Waals surface area contributed by atoms with E-state index in [1.54, 1.807) is 30.6 Å². The van der Waals surface area contributed by atoms with Crippen LogP contribution in [0.5, 0.6) is 5.75 Å². The molecule has 1 aliphatic heterocycles. The summed E-state index contributed by atoms with van der Waals surface area (Å²) in [5, 5.41) is 0.501. The topological polar surface area (TPSA) is 92.5 Å². The largest absolute Gasteiger partial charge is 0.496 e. The van der Waals surface area contributed by atoms with Gasteiger partial charge in [0, 0.05) is 31.7 Å². The van der Waals surface area contributed by atoms with Gasteiger partial charge in [0.05, 0.1) is 30.3 Å². The average molecular weight is 401 g/mol. The van der Waals surface area contributed by atoms with Crippen molar-refractivity contribution >= 4 is 28.4 Å². The first-order valence-corrected chi connectivity index (χ1v) is 9.48. The molecule has 4 heterocycles. The minimum atomic E-state index is -0.602. The Morgan fingerprint density at radius 2 is 1.97 bits per heavy atom. The third-order valence-electron chi connectivity index (χ3n) is 5.20. The van der Waals surface area contributed by atoms with Gasteiger partial charge in [-0.05, 0) is 31.0 Å². The van der Waals surface area contributed by atoms with Gasteiger partial charge in [-0.3, -0.25) is 14.6 Å². The molecule has 1 fully saturated rings. The molecule has 3 aromatic rings. The molecule has 0 aliphatic carbocycles. The molecule has 0 spiro atoms. The number of hydrogen-bond donors (Lipinski definition) is 1. The van der Waals surface area contributed by atoms with Crippen molar-refractivity contribution in [3.8, 4) is 5.75 Å². The van der Waals surface area contributed by atoms with Crippen molar-refractivity contribution in [1.29, 1.82) is 0 Å². The van der Waals surface area contributed by atoms with Crippen LogP contribution in [0.2, 0.25) is 0 Å². The normalized spacial score (nSPS) is 13.7. The number of aromatic amines is 1. The Kier molecular flexibility index (Phi) is 5.26. The van der Waals surface area contributed by atoms with E-state index in [9.17, 15) is 9.59 Å². The fourth-order valence-corrected chi connectivity index (χ4v) is 3.67. The number of likely N-dealkylation sites (tertiary alicyclic amines) is 1. The number of pyridine rings is 2. The van der Waals surface area contributed by atoms with E-state index in [2.05, 4.69) is 19.8 Å². The predicted octanol–water partition coefficient (Wildman–Crippen LogP) is 3.10. The van der Waals surface area contributed by atoms with Crippen LogP contribution in [0.25, 0.3) is 21.6 Å². The molecule has 0 radical (unpaired) electrons. The highest BCUT2D eigenvalue weighted by atomic mass is 16.5. The first-order valence-electron chi connectivity index (χ1n) is 9.48. The molecule has 1 saturated heterocycles. The van der Waals surface area contributed by atoms with Gasteiger partial charge in [-0.15, -0.1) is 0 Å². The first-order chi connectivity index (χ1) is 14.6. The number of nitrogens with one attached hydrogen (secondary N) is 1. The molecule has 0 aromatic carbocycles. The van der Waals surface area contributed by atoms with Crippen LogP contribution in [0, 0.1) is 6.57 Å². The lowest BCUT2D eigenvalue weighted by molar-refractivity contribution is -0.126. The van der Waals surface area contributed by atoms with Crippen molar-refractivity contribution < 1.29 is 14.3 Å². The number of Topliss-reactive ketones (excluding diaryl/α,β-unsaturated/α-hetero) is 1. The summed E-state index contributed by atoms with van der Waals surface area (Å²) in [4.78, 5) is 42.3. The van der Waals surface area contributed by atoms with Gasteiger partial charge >= 0.3 is 0 Å². The number of amides is 1. The number of aromatic nitrogens is 3. The van der Waals surface area contributed by atoms with Crippen molar-refractivity contribution in [2.24, 2.45) is 0 Å². The molecule has 150 valence electrons. The number of carbonyl (C=O) groups excluding carboxylic acids is 2. The number of carbonyl (C=O) groups is 2. The lowest BCUT2D eigenvalue weighted by Gasteiger charge is -2.28. The maximum absolute atomic E-state index is 12.9. The van der Waals surface area contributed by atoms with Crippen LogP contribution < -0.4 is 4.74 Å². The SMILES string of the molecule is [C-]#[N+]C(=C1CCN(C(=O)C(=O)c2c[nH]c3nccc(OC)c23)CC1)c1ccccn1. The summed E-state index contributed by atoms with van der Waals surface area (Å²) in [6.45, 7) is 8.27. The Morgan fingerprint density at radius 3 is 2.63 bits per heavy atom. The zero-order chi connectivity index (χ0) is 21.1. The van der Waals surface area contributed by atoms with E-state index >= 15 is 0 Å². The van der Waals surface area contributed by atoms with Crippen molar-refractivity contribution in [2.75, 3.05) is 20.2 Å². The average Bonchev–Trinajstić information content (AvgIpc) is 3.24. The van der Waals surface area contributed by atoms with Gasteiger partial charge in [0.25, 0.3) is 11.7 Å². The number of ketones is 1. The predicted molar refractivity (Wildman–Crippen MR) is 111 cm³/mol. The number of rotatable bonds is 4. The van der Waals surface area contributed by atoms with Crippen molar-refractivity contribution in [1.82, 2.24) is 19.9 Å². The van der Waals surface area contributed by atoms with Crippen LogP contribution in [-0.4, -0.2) is 51.7 Å². The Labute approximate surface area is 173 Å². The summed E-state index contributed by atoms with van der Waals surface area (Å²) in [5.74, 6) is -0.684. The second-order valence-corrected chi connectivity index (χ2v) is 6.84. The minimum Gasteiger partial charge on any atom is -0.496 e. The highest BCUT2D eigenvalue weighted by Gasteiger charge is 2.29. The fourth-order valence-electron chi connectivity index (χ4n) is 3.67. The van der Waals surface area contributed by atoms with Crippen LogP contribution in [0.1, 0.15) is 28.9 Å². The summed E-state index contributed by atoms with van der Waals surface area (Å²) in [6, 6.07) is 7.10. The summed E-state index contributed by atoms with van der Waals surface area (Å²) in [5.41, 5.74) is 2.86. The Hall–Kier alpha value is -3.99. The summed E-state index contributed by atoms with van der Waals surface area (Å²) < 4.78 is 5.32. The number of nitrogens with zero attached hydrogens (tertiary/aromatic N) is 4. The number of piperidine rings is 1. The van der Waals surface area contributed by atoms with E-state index in [1.807, 2.05) is 6.07 Å². The maximum atomic E-state index is 12.9. The van der Waals surface area contributed by atoms with E-state index in [0.717, 1.165) is 5.57 Å². The smallest absolute Gasteiger partial charge is 0.295 e. The zero-order valence-electron chi connectivity index (χ0n) is 16.4. The summed E-state index contributed by atoms with van der Waals surface area (Å²) >= 11 is 0. The minimum absolute atomic E-state index is 0.247. The van der Waals surface area contributed by atoms with E-state index in [-0.39, 0.29) is 5.56 Å². The lowest BCUT2D eigenvalue weighted by atomic mass is 9.99. The second-order valence-electron chi connectivity index (χ2n) is 6.84. The third kappa shape index (κ3) is 3.42. The van der Waals surface area contributed by atoms with Crippen LogP contribution in [0.15, 0.2) is 48.4 Å². The molecule has 0 saturated carbocycles. The fraction of sp³-hybridized carbons (Fsp3) is 0.227. The van der Waals surface area contributed by atoms with Gasteiger partial charge in [0.2, 0.25) is 5.70 Å². The quantitative estimate of drug-likeness (QED) is 0.412. The van der Waals surface area contributed by atoms with Crippen LogP contribution in [0.4, 0.5) is 0 Å². The van der Waals surface area contributed by atoms with Gasteiger partial charge in [0.1, 0.15) is 11.4 Å². The van der Waals surface area contributed by atoms with Crippen LogP contribution in [-0.2, 0) is 4.79 Å². The highest BCUT2D eigenvalue weighted by Crippen LogP contribution is 2.29. The molecule has 0 bridgehead atoms. The molecule has 4 rings (SSSR count). The first kappa shape index (κ1) is 19.3. The number of methoxy groups -OCH3 is 1. The van der Waals surface area contributed by atoms with Gasteiger partial charge < -0.3 is 14.6 Å². The Bertz CT molecular complexity index is 1180. The Balaban J connectivity index is 1.53. The van der Waals surface area contributed by atoms with E-state index in [4.69, 9.17) is 11.3 Å². The molecule has 0 unspecified atom stereocenters. The molecule has 0 atom stereocenters.